The molecule has 0 radical (unpaired) electrons. The van der Waals surface area contributed by atoms with E-state index in [1.54, 1.807) is 0 Å². The van der Waals surface area contributed by atoms with Crippen molar-refractivity contribution in [2.45, 2.75) is 34.1 Å². The van der Waals surface area contributed by atoms with Crippen molar-refractivity contribution in [3.05, 3.63) is 41.5 Å². The van der Waals surface area contributed by atoms with Crippen LogP contribution in [0.1, 0.15) is 37.5 Å². The predicted molar refractivity (Wildman–Crippen MR) is 97.0 cm³/mol. The quantitative estimate of drug-likeness (QED) is 0.809. The van der Waals surface area contributed by atoms with Crippen LogP contribution >= 0.6 is 0 Å². The second kappa shape index (κ2) is 11.5. The number of aryl methyl sites for hydroxylation is 1. The molecule has 1 fully saturated rings. The first-order chi connectivity index (χ1) is 10.1. The van der Waals surface area contributed by atoms with E-state index in [0.717, 1.165) is 6.42 Å². The van der Waals surface area contributed by atoms with Crippen LogP contribution in [0, 0.1) is 6.92 Å². The summed E-state index contributed by atoms with van der Waals surface area (Å²) in [4.78, 5) is 4.72. The zero-order chi connectivity index (χ0) is 16.3. The first kappa shape index (κ1) is 19.9. The molecule has 1 aromatic rings. The average Bonchev–Trinajstić information content (AvgIpc) is 2.53. The summed E-state index contributed by atoms with van der Waals surface area (Å²) >= 11 is 0. The van der Waals surface area contributed by atoms with Crippen LogP contribution in [0.3, 0.4) is 0 Å². The molecule has 0 bridgehead atoms. The van der Waals surface area contributed by atoms with Crippen molar-refractivity contribution < 1.29 is 0 Å². The van der Waals surface area contributed by atoms with Gasteiger partial charge in [-0.1, -0.05) is 51.6 Å². The molecule has 0 aromatic heterocycles. The molecule has 2 nitrogen and oxygen atoms in total. The summed E-state index contributed by atoms with van der Waals surface area (Å²) in [7, 11) is 4.35. The van der Waals surface area contributed by atoms with Crippen LogP contribution in [0.5, 0.6) is 0 Å². The van der Waals surface area contributed by atoms with Gasteiger partial charge < -0.3 is 9.80 Å². The van der Waals surface area contributed by atoms with Crippen molar-refractivity contribution in [2.75, 3.05) is 40.3 Å². The molecule has 0 spiro atoms. The molecule has 2 rings (SSSR count). The molecular formula is C19H34N2. The Morgan fingerprint density at radius 2 is 1.52 bits per heavy atom. The normalized spacial score (nSPS) is 15.3. The molecule has 0 unspecified atom stereocenters. The van der Waals surface area contributed by atoms with E-state index in [4.69, 9.17) is 0 Å². The van der Waals surface area contributed by atoms with Crippen LogP contribution in [0.15, 0.2) is 24.8 Å². The minimum absolute atomic E-state index is 1.10. The second-order valence-corrected chi connectivity index (χ2v) is 5.30. The topological polar surface area (TPSA) is 6.48 Å². The number of benzene rings is 1. The Morgan fingerprint density at radius 3 is 1.90 bits per heavy atom. The Hall–Kier alpha value is -1.12. The lowest BCUT2D eigenvalue weighted by Gasteiger charge is -2.28. The third-order valence-corrected chi connectivity index (χ3v) is 3.82. The summed E-state index contributed by atoms with van der Waals surface area (Å²) in [6.45, 7) is 17.0. The maximum atomic E-state index is 3.77. The average molecular weight is 290 g/mol. The lowest BCUT2D eigenvalue weighted by Crippen LogP contribution is -2.42. The molecule has 1 aromatic carbocycles. The minimum atomic E-state index is 1.10. The summed E-state index contributed by atoms with van der Waals surface area (Å²) in [5, 5.41) is 0. The highest BCUT2D eigenvalue weighted by Crippen LogP contribution is 2.14. The zero-order valence-corrected chi connectivity index (χ0v) is 14.9. The van der Waals surface area contributed by atoms with E-state index in [9.17, 15) is 0 Å². The smallest absolute Gasteiger partial charge is 0.0107 e. The second-order valence-electron chi connectivity index (χ2n) is 5.30. The highest BCUT2D eigenvalue weighted by molar-refractivity contribution is 5.53. The van der Waals surface area contributed by atoms with Crippen molar-refractivity contribution in [2.24, 2.45) is 0 Å². The number of nitrogens with zero attached hydrogens (tertiary/aromatic N) is 2. The van der Waals surface area contributed by atoms with Crippen LogP contribution in [0.2, 0.25) is 0 Å². The Bertz CT molecular complexity index is 381. The summed E-state index contributed by atoms with van der Waals surface area (Å²) in [6, 6.07) is 6.35. The van der Waals surface area contributed by atoms with Gasteiger partial charge in [0, 0.05) is 26.2 Å². The number of hydrogen-bond donors (Lipinski definition) is 0. The van der Waals surface area contributed by atoms with Crippen LogP contribution in [-0.2, 0) is 6.42 Å². The maximum Gasteiger partial charge on any atom is 0.0107 e. The van der Waals surface area contributed by atoms with Crippen molar-refractivity contribution in [1.82, 2.24) is 9.80 Å². The fraction of sp³-hybridized carbons (Fsp3) is 0.579. The SMILES string of the molecule is C=Cc1cccc(CC)c1C.CC.CN1CCN(C)CC1. The van der Waals surface area contributed by atoms with Gasteiger partial charge in [-0.2, -0.15) is 0 Å². The van der Waals surface area contributed by atoms with E-state index in [-0.39, 0.29) is 0 Å². The third kappa shape index (κ3) is 7.45. The monoisotopic (exact) mass is 290 g/mol. The van der Waals surface area contributed by atoms with Crippen LogP contribution in [-0.4, -0.2) is 50.1 Å². The zero-order valence-electron chi connectivity index (χ0n) is 14.9. The number of rotatable bonds is 2. The maximum absolute atomic E-state index is 3.77. The standard InChI is InChI=1S/C11H14.C6H14N2.C2H6/c1-4-10-7-6-8-11(5-2)9(10)3;1-7-3-5-8(2)6-4-7;1-2/h4,6-8H,1,5H2,2-3H3;3-6H2,1-2H3;1-2H3. The molecule has 0 atom stereocenters. The van der Waals surface area contributed by atoms with E-state index < -0.39 is 0 Å². The van der Waals surface area contributed by atoms with E-state index in [2.05, 4.69) is 62.5 Å². The molecule has 0 amide bonds. The van der Waals surface area contributed by atoms with Crippen molar-refractivity contribution in [3.63, 3.8) is 0 Å². The Morgan fingerprint density at radius 1 is 1.05 bits per heavy atom. The van der Waals surface area contributed by atoms with Crippen LogP contribution in [0.4, 0.5) is 0 Å². The van der Waals surface area contributed by atoms with Gasteiger partial charge in [-0.15, -0.1) is 0 Å². The van der Waals surface area contributed by atoms with Gasteiger partial charge in [-0.25, -0.2) is 0 Å². The predicted octanol–water partition coefficient (Wildman–Crippen LogP) is 4.09. The summed E-state index contributed by atoms with van der Waals surface area (Å²) in [5.41, 5.74) is 4.04. The van der Waals surface area contributed by atoms with Gasteiger partial charge in [0.15, 0.2) is 0 Å². The molecular weight excluding hydrogens is 256 g/mol. The van der Waals surface area contributed by atoms with Gasteiger partial charge in [-0.05, 0) is 44.1 Å². The number of hydrogen-bond acceptors (Lipinski definition) is 2. The third-order valence-electron chi connectivity index (χ3n) is 3.82. The fourth-order valence-corrected chi connectivity index (χ4v) is 2.21. The fourth-order valence-electron chi connectivity index (χ4n) is 2.21. The molecule has 0 saturated carbocycles. The summed E-state index contributed by atoms with van der Waals surface area (Å²) < 4.78 is 0. The van der Waals surface area contributed by atoms with Crippen molar-refractivity contribution in [1.29, 1.82) is 0 Å². The van der Waals surface area contributed by atoms with E-state index in [1.807, 2.05) is 19.9 Å². The lowest BCUT2D eigenvalue weighted by molar-refractivity contribution is 0.181. The van der Waals surface area contributed by atoms with Gasteiger partial charge in [0.2, 0.25) is 0 Å². The molecule has 120 valence electrons. The first-order valence-electron chi connectivity index (χ1n) is 8.16. The lowest BCUT2D eigenvalue weighted by atomic mass is 10.0. The van der Waals surface area contributed by atoms with Crippen LogP contribution < -0.4 is 0 Å². The van der Waals surface area contributed by atoms with Gasteiger partial charge in [0.05, 0.1) is 0 Å². The van der Waals surface area contributed by atoms with E-state index in [1.165, 1.54) is 42.9 Å². The summed E-state index contributed by atoms with van der Waals surface area (Å²) in [6.07, 6.45) is 3.02. The van der Waals surface area contributed by atoms with Crippen molar-refractivity contribution >= 4 is 6.08 Å². The van der Waals surface area contributed by atoms with Crippen LogP contribution in [0.25, 0.3) is 6.08 Å². The van der Waals surface area contributed by atoms with E-state index in [0.29, 0.717) is 0 Å². The molecule has 0 aliphatic carbocycles. The molecule has 0 N–H and O–H groups in total. The highest BCUT2D eigenvalue weighted by atomic mass is 15.2. The molecule has 2 heteroatoms. The van der Waals surface area contributed by atoms with E-state index >= 15 is 0 Å². The van der Waals surface area contributed by atoms with Gasteiger partial charge in [0.1, 0.15) is 0 Å². The minimum Gasteiger partial charge on any atom is -0.304 e. The molecule has 1 aliphatic rings. The first-order valence-corrected chi connectivity index (χ1v) is 8.16. The highest BCUT2D eigenvalue weighted by Gasteiger charge is 2.07. The summed E-state index contributed by atoms with van der Waals surface area (Å²) in [5.74, 6) is 0. The number of piperazine rings is 1. The Kier molecular flexibility index (Phi) is 10.9. The Balaban J connectivity index is 0.000000354. The Labute approximate surface area is 132 Å². The molecule has 1 heterocycles. The molecule has 1 saturated heterocycles. The van der Waals surface area contributed by atoms with Crippen molar-refractivity contribution in [3.8, 4) is 0 Å². The van der Waals surface area contributed by atoms with Gasteiger partial charge >= 0.3 is 0 Å². The largest absolute Gasteiger partial charge is 0.304 e. The molecule has 21 heavy (non-hydrogen) atoms. The van der Waals surface area contributed by atoms with Gasteiger partial charge in [-0.3, -0.25) is 0 Å². The number of likely N-dealkylation sites (N-methyl/N-ethyl adjacent to an activating group) is 2. The molecule has 1 aliphatic heterocycles. The van der Waals surface area contributed by atoms with Gasteiger partial charge in [0.25, 0.3) is 0 Å².